The van der Waals surface area contributed by atoms with Crippen LogP contribution in [0.2, 0.25) is 0 Å². The molecule has 0 aliphatic carbocycles. The minimum atomic E-state index is -3.61. The average Bonchev–Trinajstić information content (AvgIpc) is 3.14. The van der Waals surface area contributed by atoms with Crippen molar-refractivity contribution in [3.05, 3.63) is 47.7 Å². The Kier molecular flexibility index (Phi) is 4.33. The van der Waals surface area contributed by atoms with Crippen LogP contribution >= 0.6 is 0 Å². The summed E-state index contributed by atoms with van der Waals surface area (Å²) >= 11 is 0. The van der Waals surface area contributed by atoms with Crippen molar-refractivity contribution in [2.24, 2.45) is 0 Å². The third kappa shape index (κ3) is 2.90. The minimum absolute atomic E-state index is 0.284. The molecule has 1 aliphatic rings. The number of hydrogen-bond donors (Lipinski definition) is 0. The Labute approximate surface area is 139 Å². The van der Waals surface area contributed by atoms with Gasteiger partial charge in [-0.2, -0.15) is 5.10 Å². The predicted molar refractivity (Wildman–Crippen MR) is 87.4 cm³/mol. The second-order valence-electron chi connectivity index (χ2n) is 6.18. The molecule has 0 amide bonds. The first-order chi connectivity index (χ1) is 11.3. The van der Waals surface area contributed by atoms with Crippen molar-refractivity contribution < 1.29 is 17.2 Å². The fourth-order valence-electron chi connectivity index (χ4n) is 3.04. The second kappa shape index (κ2) is 6.16. The summed E-state index contributed by atoms with van der Waals surface area (Å²) in [7, 11) is -3.61. The van der Waals surface area contributed by atoms with Gasteiger partial charge in [-0.25, -0.2) is 17.2 Å². The quantitative estimate of drug-likeness (QED) is 0.846. The molecule has 2 aromatic rings. The highest BCUT2D eigenvalue weighted by Gasteiger charge is 2.32. The summed E-state index contributed by atoms with van der Waals surface area (Å²) in [5.41, 5.74) is 0.500. The Morgan fingerprint density at radius 3 is 2.50 bits per heavy atom. The number of benzene rings is 1. The van der Waals surface area contributed by atoms with Gasteiger partial charge in [-0.1, -0.05) is 0 Å². The van der Waals surface area contributed by atoms with Crippen LogP contribution in [-0.4, -0.2) is 29.4 Å². The van der Waals surface area contributed by atoms with E-state index in [9.17, 15) is 17.2 Å². The van der Waals surface area contributed by atoms with Gasteiger partial charge < -0.3 is 4.90 Å². The smallest absolute Gasteiger partial charge is 0.258 e. The van der Waals surface area contributed by atoms with Crippen molar-refractivity contribution in [3.63, 3.8) is 0 Å². The summed E-state index contributed by atoms with van der Waals surface area (Å²) in [6, 6.07) is 4.76. The topological polar surface area (TPSA) is 55.2 Å². The van der Waals surface area contributed by atoms with Crippen LogP contribution in [0.3, 0.4) is 0 Å². The lowest BCUT2D eigenvalue weighted by Crippen LogP contribution is -2.31. The highest BCUT2D eigenvalue weighted by atomic mass is 32.2. The summed E-state index contributed by atoms with van der Waals surface area (Å²) in [5.74, 6) is -0.851. The highest BCUT2D eigenvalue weighted by Crippen LogP contribution is 2.37. The molecule has 3 rings (SSSR count). The minimum Gasteiger partial charge on any atom is -0.349 e. The van der Waals surface area contributed by atoms with Crippen LogP contribution in [0.5, 0.6) is 0 Å². The first kappa shape index (κ1) is 16.9. The Bertz CT molecular complexity index is 829. The SMILES string of the molecule is CC(C)S(=O)(=O)n1nccc1N1CCCC1c1cc(F)cc(F)c1. The van der Waals surface area contributed by atoms with Gasteiger partial charge in [-0.15, -0.1) is 4.09 Å². The number of aromatic nitrogens is 2. The number of anilines is 1. The van der Waals surface area contributed by atoms with Crippen molar-refractivity contribution >= 4 is 15.8 Å². The summed E-state index contributed by atoms with van der Waals surface area (Å²) in [4.78, 5) is 1.85. The van der Waals surface area contributed by atoms with Gasteiger partial charge in [0.2, 0.25) is 0 Å². The number of rotatable bonds is 4. The van der Waals surface area contributed by atoms with Crippen molar-refractivity contribution in [1.29, 1.82) is 0 Å². The summed E-state index contributed by atoms with van der Waals surface area (Å²) in [6.45, 7) is 3.77. The van der Waals surface area contributed by atoms with Gasteiger partial charge in [0.05, 0.1) is 17.5 Å². The maximum atomic E-state index is 13.6. The zero-order valence-electron chi connectivity index (χ0n) is 13.5. The van der Waals surface area contributed by atoms with Gasteiger partial charge >= 0.3 is 0 Å². The van der Waals surface area contributed by atoms with Crippen molar-refractivity contribution in [3.8, 4) is 0 Å². The normalized spacial score (nSPS) is 18.5. The van der Waals surface area contributed by atoms with Crippen LogP contribution in [0.15, 0.2) is 30.5 Å². The van der Waals surface area contributed by atoms with Crippen LogP contribution in [-0.2, 0) is 10.0 Å². The standard InChI is InChI=1S/C16H19F2N3O2S/c1-11(2)24(22,23)21-16(5-6-19-21)20-7-3-4-15(20)12-8-13(17)10-14(18)9-12/h5-6,8-11,15H,3-4,7H2,1-2H3. The van der Waals surface area contributed by atoms with Crippen LogP contribution in [0.25, 0.3) is 0 Å². The Morgan fingerprint density at radius 1 is 1.21 bits per heavy atom. The zero-order chi connectivity index (χ0) is 17.5. The lowest BCUT2D eigenvalue weighted by molar-refractivity contribution is 0.564. The maximum Gasteiger partial charge on any atom is 0.258 e. The average molecular weight is 355 g/mol. The van der Waals surface area contributed by atoms with Gasteiger partial charge in [-0.05, 0) is 44.4 Å². The number of halogens is 2. The van der Waals surface area contributed by atoms with Gasteiger partial charge in [0.1, 0.15) is 17.5 Å². The van der Waals surface area contributed by atoms with E-state index in [1.54, 1.807) is 19.9 Å². The monoisotopic (exact) mass is 355 g/mol. The fourth-order valence-corrected chi connectivity index (χ4v) is 4.05. The first-order valence-electron chi connectivity index (χ1n) is 7.82. The molecule has 1 saturated heterocycles. The first-order valence-corrected chi connectivity index (χ1v) is 9.32. The largest absolute Gasteiger partial charge is 0.349 e. The highest BCUT2D eigenvalue weighted by molar-refractivity contribution is 7.90. The van der Waals surface area contributed by atoms with Gasteiger partial charge in [-0.3, -0.25) is 0 Å². The van der Waals surface area contributed by atoms with Gasteiger partial charge in [0, 0.05) is 18.7 Å². The molecule has 1 atom stereocenters. The Balaban J connectivity index is 2.03. The molecule has 1 unspecified atom stereocenters. The lowest BCUT2D eigenvalue weighted by atomic mass is 10.0. The summed E-state index contributed by atoms with van der Waals surface area (Å²) < 4.78 is 53.1. The van der Waals surface area contributed by atoms with Crippen molar-refractivity contribution in [2.75, 3.05) is 11.4 Å². The molecule has 0 radical (unpaired) electrons. The molecular weight excluding hydrogens is 336 g/mol. The van der Waals surface area contributed by atoms with E-state index in [4.69, 9.17) is 0 Å². The van der Waals surface area contributed by atoms with Gasteiger partial charge in [0.25, 0.3) is 10.0 Å². The molecule has 1 aliphatic heterocycles. The molecule has 0 N–H and O–H groups in total. The maximum absolute atomic E-state index is 13.6. The third-order valence-corrected chi connectivity index (χ3v) is 6.20. The van der Waals surface area contributed by atoms with E-state index < -0.39 is 26.9 Å². The van der Waals surface area contributed by atoms with E-state index in [1.807, 2.05) is 4.90 Å². The molecule has 8 heteroatoms. The Morgan fingerprint density at radius 2 is 1.88 bits per heavy atom. The molecule has 0 saturated carbocycles. The van der Waals surface area contributed by atoms with Crippen LogP contribution in [0, 0.1) is 11.6 Å². The van der Waals surface area contributed by atoms with E-state index in [0.717, 1.165) is 16.6 Å². The van der Waals surface area contributed by atoms with Crippen molar-refractivity contribution in [2.45, 2.75) is 38.0 Å². The molecule has 1 aromatic carbocycles. The molecule has 0 bridgehead atoms. The zero-order valence-corrected chi connectivity index (χ0v) is 14.3. The summed E-state index contributed by atoms with van der Waals surface area (Å²) in [6.07, 6.45) is 2.92. The molecular formula is C16H19F2N3O2S. The van der Waals surface area contributed by atoms with E-state index in [-0.39, 0.29) is 6.04 Å². The summed E-state index contributed by atoms with van der Waals surface area (Å²) in [5, 5.41) is 3.33. The molecule has 5 nitrogen and oxygen atoms in total. The van der Waals surface area contributed by atoms with Crippen LogP contribution < -0.4 is 4.90 Å². The molecule has 130 valence electrons. The number of hydrogen-bond acceptors (Lipinski definition) is 4. The van der Waals surface area contributed by atoms with E-state index in [1.165, 1.54) is 18.3 Å². The van der Waals surface area contributed by atoms with Crippen LogP contribution in [0.1, 0.15) is 38.3 Å². The Hall–Kier alpha value is -1.96. The van der Waals surface area contributed by atoms with E-state index >= 15 is 0 Å². The van der Waals surface area contributed by atoms with Gasteiger partial charge in [0.15, 0.2) is 0 Å². The fraction of sp³-hybridized carbons (Fsp3) is 0.438. The lowest BCUT2D eigenvalue weighted by Gasteiger charge is -2.27. The molecule has 1 fully saturated rings. The van der Waals surface area contributed by atoms with E-state index in [0.29, 0.717) is 24.3 Å². The number of nitrogens with zero attached hydrogens (tertiary/aromatic N) is 3. The van der Waals surface area contributed by atoms with Crippen LogP contribution in [0.4, 0.5) is 14.6 Å². The molecule has 1 aromatic heterocycles. The van der Waals surface area contributed by atoms with Crippen molar-refractivity contribution in [1.82, 2.24) is 9.19 Å². The molecule has 0 spiro atoms. The third-order valence-electron chi connectivity index (χ3n) is 4.24. The second-order valence-corrected chi connectivity index (χ2v) is 8.50. The molecule has 24 heavy (non-hydrogen) atoms. The molecule has 2 heterocycles. The van der Waals surface area contributed by atoms with E-state index in [2.05, 4.69) is 5.10 Å². The predicted octanol–water partition coefficient (Wildman–Crippen LogP) is 3.09.